The molecule has 0 N–H and O–H groups in total. The molecule has 72 heavy (non-hydrogen) atoms. The van der Waals surface area contributed by atoms with E-state index in [0.29, 0.717) is 0 Å². The van der Waals surface area contributed by atoms with E-state index in [1.807, 2.05) is 17.8 Å². The SMILES string of the molecule is CC1(C)c2ccccc2-c2ccc(-c3ccc(N(c4ccc5c(c4)Sc4ccc(Cl)cc4C54c5ccccc5-c5ccccc54)c4cc(-c5cccc6ccccc56)c5oc6ccccc6c5c4)cc3)cc21. The van der Waals surface area contributed by atoms with Crippen LogP contribution < -0.4 is 4.90 Å². The Hall–Kier alpha value is -8.08. The first-order valence-electron chi connectivity index (χ1n) is 24.7. The second-order valence-corrected chi connectivity index (χ2v) is 21.6. The van der Waals surface area contributed by atoms with Crippen LogP contribution in [0.5, 0.6) is 0 Å². The summed E-state index contributed by atoms with van der Waals surface area (Å²) in [5.41, 5.74) is 21.8. The largest absolute Gasteiger partial charge is 0.455 e. The lowest BCUT2D eigenvalue weighted by atomic mass is 9.67. The van der Waals surface area contributed by atoms with Gasteiger partial charge in [-0.15, -0.1) is 0 Å². The third-order valence-corrected chi connectivity index (χ3v) is 17.4. The maximum absolute atomic E-state index is 6.96. The maximum Gasteiger partial charge on any atom is 0.143 e. The van der Waals surface area contributed by atoms with Crippen LogP contribution in [0.25, 0.3) is 77.2 Å². The predicted molar refractivity (Wildman–Crippen MR) is 301 cm³/mol. The molecule has 15 rings (SSSR count). The molecule has 1 aromatic heterocycles. The Morgan fingerprint density at radius 2 is 1.01 bits per heavy atom. The lowest BCUT2D eigenvalue weighted by molar-refractivity contribution is 0.660. The van der Waals surface area contributed by atoms with E-state index in [-0.39, 0.29) is 5.41 Å². The molecular formula is C68H44ClNOS. The van der Waals surface area contributed by atoms with Crippen molar-refractivity contribution < 1.29 is 4.42 Å². The fourth-order valence-corrected chi connectivity index (χ4v) is 14.1. The van der Waals surface area contributed by atoms with Gasteiger partial charge in [-0.3, -0.25) is 0 Å². The van der Waals surface area contributed by atoms with Crippen molar-refractivity contribution in [2.75, 3.05) is 4.90 Å². The van der Waals surface area contributed by atoms with E-state index in [2.05, 4.69) is 243 Å². The standard InChI is InChI=1S/C68H44ClNOS/c1-67(2)57-22-9-5-17-50(57)53-33-28-43(36-61(53)67)41-26-30-45(31-27-41)70(47-38-55(49-21-13-15-42-14-3-4-16-48(42)49)66-56(39-47)54-20-8-12-25-63(54)71-66)46-32-34-60-65(40-46)72-64-35-29-44(69)37-62(64)68(60)58-23-10-6-18-51(58)52-19-7-11-24-59(52)68/h3-40H,1-2H3. The molecular weight excluding hydrogens is 914 g/mol. The first-order chi connectivity index (χ1) is 35.3. The Morgan fingerprint density at radius 3 is 1.81 bits per heavy atom. The maximum atomic E-state index is 6.96. The third kappa shape index (κ3) is 5.87. The van der Waals surface area contributed by atoms with Crippen molar-refractivity contribution in [3.8, 4) is 44.5 Å². The van der Waals surface area contributed by atoms with E-state index in [4.69, 9.17) is 16.0 Å². The van der Waals surface area contributed by atoms with Crippen molar-refractivity contribution >= 4 is 73.1 Å². The zero-order valence-electron chi connectivity index (χ0n) is 39.6. The topological polar surface area (TPSA) is 16.4 Å². The molecule has 0 saturated heterocycles. The summed E-state index contributed by atoms with van der Waals surface area (Å²) in [5.74, 6) is 0. The lowest BCUT2D eigenvalue weighted by Gasteiger charge is -2.40. The fourth-order valence-electron chi connectivity index (χ4n) is 12.7. The summed E-state index contributed by atoms with van der Waals surface area (Å²) < 4.78 is 6.86. The minimum absolute atomic E-state index is 0.0885. The van der Waals surface area contributed by atoms with Gasteiger partial charge in [0.2, 0.25) is 0 Å². The summed E-state index contributed by atoms with van der Waals surface area (Å²) in [4.78, 5) is 4.86. The summed E-state index contributed by atoms with van der Waals surface area (Å²) in [6.07, 6.45) is 0. The van der Waals surface area contributed by atoms with Crippen LogP contribution in [0.4, 0.5) is 17.1 Å². The zero-order valence-corrected chi connectivity index (χ0v) is 41.2. The van der Waals surface area contributed by atoms with Gasteiger partial charge in [-0.1, -0.05) is 201 Å². The minimum atomic E-state index is -0.555. The van der Waals surface area contributed by atoms with Gasteiger partial charge in [0.25, 0.3) is 0 Å². The smallest absolute Gasteiger partial charge is 0.143 e. The molecule has 2 aliphatic carbocycles. The minimum Gasteiger partial charge on any atom is -0.455 e. The lowest BCUT2D eigenvalue weighted by Crippen LogP contribution is -2.32. The van der Waals surface area contributed by atoms with Gasteiger partial charge in [-0.2, -0.15) is 0 Å². The molecule has 4 heteroatoms. The first-order valence-corrected chi connectivity index (χ1v) is 25.9. The molecule has 1 aliphatic heterocycles. The van der Waals surface area contributed by atoms with E-state index in [9.17, 15) is 0 Å². The molecule has 2 heterocycles. The molecule has 0 atom stereocenters. The van der Waals surface area contributed by atoms with Crippen LogP contribution in [-0.2, 0) is 10.8 Å². The number of furan rings is 1. The molecule has 0 saturated carbocycles. The van der Waals surface area contributed by atoms with E-state index >= 15 is 0 Å². The Labute approximate surface area is 427 Å². The van der Waals surface area contributed by atoms with Crippen molar-refractivity contribution in [2.45, 2.75) is 34.5 Å². The van der Waals surface area contributed by atoms with Gasteiger partial charge in [-0.25, -0.2) is 0 Å². The van der Waals surface area contributed by atoms with Crippen LogP contribution in [0.2, 0.25) is 5.02 Å². The van der Waals surface area contributed by atoms with E-state index < -0.39 is 5.41 Å². The zero-order chi connectivity index (χ0) is 47.9. The van der Waals surface area contributed by atoms with Crippen LogP contribution in [-0.4, -0.2) is 0 Å². The van der Waals surface area contributed by atoms with E-state index in [0.717, 1.165) is 55.2 Å². The quantitative estimate of drug-likeness (QED) is 0.171. The molecule has 340 valence electrons. The number of benzene rings is 11. The van der Waals surface area contributed by atoms with Crippen molar-refractivity contribution in [1.82, 2.24) is 0 Å². The average Bonchev–Trinajstić information content (AvgIpc) is 4.03. The number of fused-ring (bicyclic) bond motifs is 16. The van der Waals surface area contributed by atoms with E-state index in [1.165, 1.54) is 87.3 Å². The molecule has 11 aromatic carbocycles. The van der Waals surface area contributed by atoms with Crippen molar-refractivity contribution in [3.05, 3.63) is 269 Å². The highest BCUT2D eigenvalue weighted by molar-refractivity contribution is 7.99. The highest BCUT2D eigenvalue weighted by Crippen LogP contribution is 2.63. The number of anilines is 3. The second kappa shape index (κ2) is 15.5. The Kier molecular flexibility index (Phi) is 8.95. The number of hydrogen-bond donors (Lipinski definition) is 0. The van der Waals surface area contributed by atoms with Gasteiger partial charge in [0, 0.05) is 53.6 Å². The molecule has 0 amide bonds. The fraction of sp³-hybridized carbons (Fsp3) is 0.0588. The highest BCUT2D eigenvalue weighted by Gasteiger charge is 2.50. The molecule has 2 nitrogen and oxygen atoms in total. The molecule has 0 bridgehead atoms. The van der Waals surface area contributed by atoms with Crippen LogP contribution in [0.1, 0.15) is 47.2 Å². The van der Waals surface area contributed by atoms with Gasteiger partial charge >= 0.3 is 0 Å². The molecule has 0 fully saturated rings. The summed E-state index contributed by atoms with van der Waals surface area (Å²) in [5, 5.41) is 5.27. The monoisotopic (exact) mass is 957 g/mol. The molecule has 0 radical (unpaired) electrons. The van der Waals surface area contributed by atoms with E-state index in [1.54, 1.807) is 0 Å². The van der Waals surface area contributed by atoms with Crippen molar-refractivity contribution in [3.63, 3.8) is 0 Å². The van der Waals surface area contributed by atoms with Gasteiger partial charge in [-0.05, 0) is 150 Å². The summed E-state index contributed by atoms with van der Waals surface area (Å²) in [7, 11) is 0. The first kappa shape index (κ1) is 41.7. The molecule has 12 aromatic rings. The third-order valence-electron chi connectivity index (χ3n) is 16.0. The van der Waals surface area contributed by atoms with Gasteiger partial charge in [0.05, 0.1) is 5.41 Å². The Morgan fingerprint density at radius 1 is 0.389 bits per heavy atom. The number of rotatable bonds is 5. The van der Waals surface area contributed by atoms with Gasteiger partial charge in [0.1, 0.15) is 11.2 Å². The predicted octanol–water partition coefficient (Wildman–Crippen LogP) is 19.3. The summed E-state index contributed by atoms with van der Waals surface area (Å²) in [6, 6.07) is 84.9. The Balaban J connectivity index is 0.958. The Bertz CT molecular complexity index is 4210. The number of halogens is 1. The van der Waals surface area contributed by atoms with Crippen molar-refractivity contribution in [2.24, 2.45) is 0 Å². The molecule has 3 aliphatic rings. The second-order valence-electron chi connectivity index (χ2n) is 20.1. The molecule has 0 unspecified atom stereocenters. The highest BCUT2D eigenvalue weighted by atomic mass is 35.5. The van der Waals surface area contributed by atoms with Crippen LogP contribution >= 0.6 is 23.4 Å². The number of para-hydroxylation sites is 1. The average molecular weight is 959 g/mol. The molecule has 1 spiro atoms. The van der Waals surface area contributed by atoms with Gasteiger partial charge < -0.3 is 9.32 Å². The van der Waals surface area contributed by atoms with Gasteiger partial charge in [0.15, 0.2) is 0 Å². The number of nitrogens with zero attached hydrogens (tertiary/aromatic N) is 1. The number of hydrogen-bond acceptors (Lipinski definition) is 3. The van der Waals surface area contributed by atoms with Crippen LogP contribution in [0.3, 0.4) is 0 Å². The normalized spacial score (nSPS) is 14.2. The summed E-state index contributed by atoms with van der Waals surface area (Å²) in [6.45, 7) is 4.71. The van der Waals surface area contributed by atoms with Crippen molar-refractivity contribution in [1.29, 1.82) is 0 Å². The summed E-state index contributed by atoms with van der Waals surface area (Å²) >= 11 is 8.80. The van der Waals surface area contributed by atoms with Crippen LogP contribution in [0, 0.1) is 0 Å². The van der Waals surface area contributed by atoms with Crippen LogP contribution in [0.15, 0.2) is 245 Å².